The van der Waals surface area contributed by atoms with Gasteiger partial charge in [-0.15, -0.1) is 0 Å². The van der Waals surface area contributed by atoms with E-state index < -0.39 is 0 Å². The van der Waals surface area contributed by atoms with E-state index in [1.807, 2.05) is 31.2 Å². The fourth-order valence-electron chi connectivity index (χ4n) is 3.19. The number of nitrogens with one attached hydrogen (secondary N) is 1. The molecule has 29 heavy (non-hydrogen) atoms. The quantitative estimate of drug-likeness (QED) is 0.478. The molecule has 5 nitrogen and oxygen atoms in total. The molecule has 0 aliphatic heterocycles. The minimum atomic E-state index is -0.240. The molecule has 0 fully saturated rings. The van der Waals surface area contributed by atoms with Gasteiger partial charge in [0.2, 0.25) is 5.78 Å². The molecule has 0 radical (unpaired) electrons. The van der Waals surface area contributed by atoms with Crippen molar-refractivity contribution in [2.45, 2.75) is 6.92 Å². The Hall–Kier alpha value is -3.86. The van der Waals surface area contributed by atoms with Crippen LogP contribution in [0.3, 0.4) is 0 Å². The van der Waals surface area contributed by atoms with Crippen LogP contribution in [0.1, 0.15) is 32.0 Å². The van der Waals surface area contributed by atoms with E-state index in [-0.39, 0.29) is 11.7 Å². The predicted molar refractivity (Wildman–Crippen MR) is 112 cm³/mol. The molecule has 0 aliphatic carbocycles. The summed E-state index contributed by atoms with van der Waals surface area (Å²) in [6.45, 7) is 1.86. The smallest absolute Gasteiger partial charge is 0.255 e. The number of aryl methyl sites for hydroxylation is 1. The van der Waals surface area contributed by atoms with Crippen LogP contribution in [0.25, 0.3) is 11.0 Å². The molecule has 0 atom stereocenters. The number of carbonyl (C=O) groups is 2. The predicted octanol–water partition coefficient (Wildman–Crippen LogP) is 5.23. The van der Waals surface area contributed by atoms with Crippen molar-refractivity contribution in [1.82, 2.24) is 0 Å². The molecule has 0 unspecified atom stereocenters. The lowest BCUT2D eigenvalue weighted by atomic mass is 10.0. The lowest BCUT2D eigenvalue weighted by Gasteiger charge is -2.06. The van der Waals surface area contributed by atoms with Crippen LogP contribution < -0.4 is 10.1 Å². The van der Waals surface area contributed by atoms with Crippen molar-refractivity contribution in [2.75, 3.05) is 12.4 Å². The third-order valence-electron chi connectivity index (χ3n) is 4.79. The topological polar surface area (TPSA) is 68.5 Å². The Morgan fingerprint density at radius 2 is 1.62 bits per heavy atom. The molecule has 3 aromatic carbocycles. The minimum absolute atomic E-state index is 0.164. The van der Waals surface area contributed by atoms with Crippen LogP contribution in [0.5, 0.6) is 5.75 Å². The maximum absolute atomic E-state index is 12.8. The number of ketones is 1. The summed E-state index contributed by atoms with van der Waals surface area (Å²) in [5.41, 5.74) is 3.01. The molecule has 1 N–H and O–H groups in total. The number of methoxy groups -OCH3 is 1. The summed E-state index contributed by atoms with van der Waals surface area (Å²) in [7, 11) is 1.58. The minimum Gasteiger partial charge on any atom is -0.497 e. The van der Waals surface area contributed by atoms with Crippen LogP contribution in [0.2, 0.25) is 0 Å². The lowest BCUT2D eigenvalue weighted by Crippen LogP contribution is -2.11. The fourth-order valence-corrected chi connectivity index (χ4v) is 3.19. The van der Waals surface area contributed by atoms with Gasteiger partial charge in [0.05, 0.1) is 7.11 Å². The van der Waals surface area contributed by atoms with Crippen LogP contribution in [0.15, 0.2) is 77.2 Å². The second kappa shape index (κ2) is 7.64. The average Bonchev–Trinajstić information content (AvgIpc) is 3.09. The number of ether oxygens (including phenoxy) is 1. The van der Waals surface area contributed by atoms with E-state index in [1.54, 1.807) is 55.6 Å². The number of hydrogen-bond acceptors (Lipinski definition) is 4. The van der Waals surface area contributed by atoms with Crippen molar-refractivity contribution in [3.05, 3.63) is 95.2 Å². The van der Waals surface area contributed by atoms with E-state index in [0.29, 0.717) is 33.9 Å². The first-order chi connectivity index (χ1) is 14.1. The molecule has 4 aromatic rings. The van der Waals surface area contributed by atoms with Crippen molar-refractivity contribution >= 4 is 28.3 Å². The molecule has 4 rings (SSSR count). The van der Waals surface area contributed by atoms with Gasteiger partial charge in [0.25, 0.3) is 5.91 Å². The number of furan rings is 1. The molecule has 1 heterocycles. The Labute approximate surface area is 167 Å². The van der Waals surface area contributed by atoms with E-state index in [9.17, 15) is 9.59 Å². The summed E-state index contributed by atoms with van der Waals surface area (Å²) in [4.78, 5) is 25.2. The van der Waals surface area contributed by atoms with Crippen LogP contribution >= 0.6 is 0 Å². The lowest BCUT2D eigenvalue weighted by molar-refractivity contribution is 0.101. The fraction of sp³-hybridized carbons (Fsp3) is 0.0833. The number of fused-ring (bicyclic) bond motifs is 1. The SMILES string of the molecule is COc1ccc(C(=O)Nc2ccc3c(C)c(C(=O)c4ccccc4)oc3c2)cc1. The largest absolute Gasteiger partial charge is 0.497 e. The zero-order valence-electron chi connectivity index (χ0n) is 16.1. The molecule has 0 bridgehead atoms. The molecule has 5 heteroatoms. The Morgan fingerprint density at radius 3 is 2.31 bits per heavy atom. The van der Waals surface area contributed by atoms with E-state index in [2.05, 4.69) is 5.32 Å². The first kappa shape index (κ1) is 18.5. The molecule has 0 spiro atoms. The molecular weight excluding hydrogens is 366 g/mol. The highest BCUT2D eigenvalue weighted by molar-refractivity contribution is 6.11. The van der Waals surface area contributed by atoms with Crippen LogP contribution in [-0.4, -0.2) is 18.8 Å². The van der Waals surface area contributed by atoms with Gasteiger partial charge >= 0.3 is 0 Å². The van der Waals surface area contributed by atoms with E-state index in [0.717, 1.165) is 10.9 Å². The number of amides is 1. The average molecular weight is 385 g/mol. The zero-order chi connectivity index (χ0) is 20.4. The van der Waals surface area contributed by atoms with E-state index in [1.165, 1.54) is 0 Å². The number of rotatable bonds is 5. The summed E-state index contributed by atoms with van der Waals surface area (Å²) in [6, 6.07) is 21.2. The first-order valence-electron chi connectivity index (χ1n) is 9.15. The monoisotopic (exact) mass is 385 g/mol. The number of hydrogen-bond donors (Lipinski definition) is 1. The highest BCUT2D eigenvalue weighted by Crippen LogP contribution is 2.29. The van der Waals surface area contributed by atoms with Crippen molar-refractivity contribution in [3.63, 3.8) is 0 Å². The normalized spacial score (nSPS) is 10.7. The van der Waals surface area contributed by atoms with E-state index in [4.69, 9.17) is 9.15 Å². The zero-order valence-corrected chi connectivity index (χ0v) is 16.1. The molecular formula is C24H19NO4. The standard InChI is InChI=1S/C24H19NO4/c1-15-20-13-10-18(25-24(27)17-8-11-19(28-2)12-9-17)14-21(20)29-23(15)22(26)16-6-4-3-5-7-16/h3-14H,1-2H3,(H,25,27). The molecule has 0 aliphatic rings. The van der Waals surface area contributed by atoms with Crippen molar-refractivity contribution < 1.29 is 18.7 Å². The van der Waals surface area contributed by atoms with Crippen molar-refractivity contribution in [2.24, 2.45) is 0 Å². The second-order valence-electron chi connectivity index (χ2n) is 6.64. The molecule has 0 saturated carbocycles. The summed E-state index contributed by atoms with van der Waals surface area (Å²) in [5, 5.41) is 3.69. The van der Waals surface area contributed by atoms with Crippen LogP contribution in [0, 0.1) is 6.92 Å². The van der Waals surface area contributed by atoms with Gasteiger partial charge in [0, 0.05) is 33.8 Å². The molecule has 144 valence electrons. The van der Waals surface area contributed by atoms with Crippen molar-refractivity contribution in [1.29, 1.82) is 0 Å². The van der Waals surface area contributed by atoms with Gasteiger partial charge in [0.15, 0.2) is 5.76 Å². The Bertz CT molecular complexity index is 1190. The summed E-state index contributed by atoms with van der Waals surface area (Å²) < 4.78 is 11.0. The maximum atomic E-state index is 12.8. The second-order valence-corrected chi connectivity index (χ2v) is 6.64. The van der Waals surface area contributed by atoms with Gasteiger partial charge in [-0.05, 0) is 43.3 Å². The number of carbonyl (C=O) groups excluding carboxylic acids is 2. The van der Waals surface area contributed by atoms with E-state index >= 15 is 0 Å². The third-order valence-corrected chi connectivity index (χ3v) is 4.79. The Balaban J connectivity index is 1.61. The summed E-state index contributed by atoms with van der Waals surface area (Å²) in [5.74, 6) is 0.591. The number of anilines is 1. The van der Waals surface area contributed by atoms with Gasteiger partial charge in [0.1, 0.15) is 11.3 Å². The van der Waals surface area contributed by atoms with Gasteiger partial charge < -0.3 is 14.5 Å². The molecule has 0 saturated heterocycles. The van der Waals surface area contributed by atoms with Gasteiger partial charge in [-0.1, -0.05) is 30.3 Å². The Kier molecular flexibility index (Phi) is 4.87. The Morgan fingerprint density at radius 1 is 0.897 bits per heavy atom. The van der Waals surface area contributed by atoms with Crippen molar-refractivity contribution in [3.8, 4) is 5.75 Å². The first-order valence-corrected chi connectivity index (χ1v) is 9.15. The van der Waals surface area contributed by atoms with Gasteiger partial charge in [-0.2, -0.15) is 0 Å². The molecule has 1 aromatic heterocycles. The maximum Gasteiger partial charge on any atom is 0.255 e. The van der Waals surface area contributed by atoms with Crippen LogP contribution in [0.4, 0.5) is 5.69 Å². The highest BCUT2D eigenvalue weighted by atomic mass is 16.5. The highest BCUT2D eigenvalue weighted by Gasteiger charge is 2.19. The van der Waals surface area contributed by atoms with Gasteiger partial charge in [-0.3, -0.25) is 9.59 Å². The molecule has 1 amide bonds. The number of benzene rings is 3. The summed E-state index contributed by atoms with van der Waals surface area (Å²) >= 11 is 0. The third kappa shape index (κ3) is 3.62. The van der Waals surface area contributed by atoms with Gasteiger partial charge in [-0.25, -0.2) is 0 Å². The summed E-state index contributed by atoms with van der Waals surface area (Å²) in [6.07, 6.45) is 0. The van der Waals surface area contributed by atoms with Crippen LogP contribution in [-0.2, 0) is 0 Å².